The van der Waals surface area contributed by atoms with Gasteiger partial charge in [0, 0.05) is 6.20 Å². The van der Waals surface area contributed by atoms with E-state index < -0.39 is 30.3 Å². The van der Waals surface area contributed by atoms with Gasteiger partial charge in [-0.25, -0.2) is 18.6 Å². The van der Waals surface area contributed by atoms with Gasteiger partial charge in [-0.3, -0.25) is 4.90 Å². The molecule has 6 nitrogen and oxygen atoms in total. The number of anilines is 1. The molecular weight excluding hydrogens is 296 g/mol. The largest absolute Gasteiger partial charge is 0.478 e. The number of aromatic nitrogens is 1. The van der Waals surface area contributed by atoms with E-state index >= 15 is 0 Å². The van der Waals surface area contributed by atoms with Crippen molar-refractivity contribution in [3.63, 3.8) is 0 Å². The summed E-state index contributed by atoms with van der Waals surface area (Å²) in [7, 11) is 0. The van der Waals surface area contributed by atoms with E-state index in [9.17, 15) is 13.6 Å². The number of hydrogen-bond acceptors (Lipinski definition) is 5. The summed E-state index contributed by atoms with van der Waals surface area (Å²) < 4.78 is 38.4. The van der Waals surface area contributed by atoms with Crippen LogP contribution in [0.2, 0.25) is 0 Å². The fourth-order valence-corrected chi connectivity index (χ4v) is 2.00. The molecular formula is C14H19F2N3O3. The number of rotatable bonds is 2. The molecule has 1 saturated heterocycles. The molecule has 1 atom stereocenters. The molecule has 1 aliphatic heterocycles. The van der Waals surface area contributed by atoms with E-state index in [0.717, 1.165) is 4.90 Å². The molecule has 0 saturated carbocycles. The van der Waals surface area contributed by atoms with Gasteiger partial charge in [0.2, 0.25) is 0 Å². The predicted molar refractivity (Wildman–Crippen MR) is 75.8 cm³/mol. The van der Waals surface area contributed by atoms with Crippen LogP contribution in [0.3, 0.4) is 0 Å². The summed E-state index contributed by atoms with van der Waals surface area (Å²) in [5.41, 5.74) is 4.83. The quantitative estimate of drug-likeness (QED) is 0.906. The Morgan fingerprint density at radius 3 is 2.77 bits per heavy atom. The van der Waals surface area contributed by atoms with Gasteiger partial charge in [0.15, 0.2) is 17.7 Å². The Kier molecular flexibility index (Phi) is 4.12. The van der Waals surface area contributed by atoms with Crippen molar-refractivity contribution in [2.75, 3.05) is 18.8 Å². The maximum Gasteiger partial charge on any atom is 0.410 e. The standard InChI is InChI=1S/C14H19F2N3O3/c1-13(2,3)22-12(20)19-7-10(14(15,16)8-19)21-9-5-4-6-18-11(9)17/h4-6,10H,7-8H2,1-3H3,(H2,17,18). The van der Waals surface area contributed by atoms with Gasteiger partial charge in [0.1, 0.15) is 5.60 Å². The summed E-state index contributed by atoms with van der Waals surface area (Å²) in [4.78, 5) is 16.6. The molecule has 1 amide bonds. The number of hydrogen-bond donors (Lipinski definition) is 1. The van der Waals surface area contributed by atoms with Gasteiger partial charge < -0.3 is 15.2 Å². The first-order valence-corrected chi connectivity index (χ1v) is 6.81. The lowest BCUT2D eigenvalue weighted by molar-refractivity contribution is -0.0622. The molecule has 22 heavy (non-hydrogen) atoms. The van der Waals surface area contributed by atoms with Gasteiger partial charge in [-0.1, -0.05) is 0 Å². The third-order valence-corrected chi connectivity index (χ3v) is 2.98. The molecule has 1 fully saturated rings. The summed E-state index contributed by atoms with van der Waals surface area (Å²) in [5, 5.41) is 0. The molecule has 0 aromatic carbocycles. The number of amides is 1. The second kappa shape index (κ2) is 5.58. The van der Waals surface area contributed by atoms with Crippen LogP contribution in [0, 0.1) is 0 Å². The maximum absolute atomic E-state index is 14.0. The van der Waals surface area contributed by atoms with Gasteiger partial charge in [-0.15, -0.1) is 0 Å². The van der Waals surface area contributed by atoms with Crippen LogP contribution in [0.5, 0.6) is 5.75 Å². The molecule has 1 aliphatic rings. The molecule has 0 bridgehead atoms. The Morgan fingerprint density at radius 2 is 2.18 bits per heavy atom. The normalized spacial score (nSPS) is 20.8. The highest BCUT2D eigenvalue weighted by Crippen LogP contribution is 2.33. The Morgan fingerprint density at radius 1 is 1.50 bits per heavy atom. The number of nitrogen functional groups attached to an aromatic ring is 1. The number of halogens is 2. The van der Waals surface area contributed by atoms with Crippen molar-refractivity contribution < 1.29 is 23.0 Å². The number of nitrogens with two attached hydrogens (primary N) is 1. The SMILES string of the molecule is CC(C)(C)OC(=O)N1CC(Oc2cccnc2N)C(F)(F)C1. The third kappa shape index (κ3) is 3.75. The molecule has 122 valence electrons. The van der Waals surface area contributed by atoms with Crippen LogP contribution in [-0.4, -0.2) is 46.7 Å². The average Bonchev–Trinajstić information content (AvgIpc) is 2.66. The molecule has 0 radical (unpaired) electrons. The first-order valence-electron chi connectivity index (χ1n) is 6.81. The topological polar surface area (TPSA) is 77.7 Å². The molecule has 2 rings (SSSR count). The third-order valence-electron chi connectivity index (χ3n) is 2.98. The van der Waals surface area contributed by atoms with Gasteiger partial charge in [0.05, 0.1) is 13.1 Å². The summed E-state index contributed by atoms with van der Waals surface area (Å²) in [6.45, 7) is 3.97. The van der Waals surface area contributed by atoms with Gasteiger partial charge in [-0.05, 0) is 32.9 Å². The maximum atomic E-state index is 14.0. The van der Waals surface area contributed by atoms with Gasteiger partial charge in [0.25, 0.3) is 0 Å². The molecule has 2 heterocycles. The van der Waals surface area contributed by atoms with Crippen molar-refractivity contribution in [2.45, 2.75) is 38.4 Å². The molecule has 0 spiro atoms. The first-order chi connectivity index (χ1) is 10.1. The number of carbonyl (C=O) groups excluding carboxylic acids is 1. The second-order valence-electron chi connectivity index (χ2n) is 6.12. The molecule has 8 heteroatoms. The number of nitrogens with zero attached hydrogens (tertiary/aromatic N) is 2. The second-order valence-corrected chi connectivity index (χ2v) is 6.12. The highest BCUT2D eigenvalue weighted by molar-refractivity contribution is 5.68. The van der Waals surface area contributed by atoms with Crippen LogP contribution in [0.25, 0.3) is 0 Å². The lowest BCUT2D eigenvalue weighted by Gasteiger charge is -2.24. The zero-order valence-electron chi connectivity index (χ0n) is 12.7. The van der Waals surface area contributed by atoms with Crippen molar-refractivity contribution in [1.82, 2.24) is 9.88 Å². The number of carbonyl (C=O) groups is 1. The van der Waals surface area contributed by atoms with E-state index in [4.69, 9.17) is 15.2 Å². The monoisotopic (exact) mass is 315 g/mol. The minimum absolute atomic E-state index is 0.0222. The Bertz CT molecular complexity index is 561. The average molecular weight is 315 g/mol. The van der Waals surface area contributed by atoms with E-state index in [1.807, 2.05) is 0 Å². The van der Waals surface area contributed by atoms with E-state index in [1.54, 1.807) is 20.8 Å². The Labute approximate surface area is 127 Å². The van der Waals surface area contributed by atoms with Crippen LogP contribution >= 0.6 is 0 Å². The zero-order chi connectivity index (χ0) is 16.5. The van der Waals surface area contributed by atoms with E-state index in [2.05, 4.69) is 4.98 Å². The van der Waals surface area contributed by atoms with Crippen molar-refractivity contribution in [3.05, 3.63) is 18.3 Å². The van der Waals surface area contributed by atoms with Crippen molar-refractivity contribution >= 4 is 11.9 Å². The van der Waals surface area contributed by atoms with Crippen molar-refractivity contribution in [3.8, 4) is 5.75 Å². The minimum Gasteiger partial charge on any atom is -0.478 e. The van der Waals surface area contributed by atoms with E-state index in [0.29, 0.717) is 0 Å². The lowest BCUT2D eigenvalue weighted by Crippen LogP contribution is -2.36. The Balaban J connectivity index is 2.08. The summed E-state index contributed by atoms with van der Waals surface area (Å²) in [6, 6.07) is 2.99. The number of ether oxygens (including phenoxy) is 2. The van der Waals surface area contributed by atoms with Crippen molar-refractivity contribution in [2.24, 2.45) is 0 Å². The minimum atomic E-state index is -3.20. The zero-order valence-corrected chi connectivity index (χ0v) is 12.7. The van der Waals surface area contributed by atoms with Gasteiger partial charge >= 0.3 is 12.0 Å². The van der Waals surface area contributed by atoms with Crippen LogP contribution in [0.1, 0.15) is 20.8 Å². The predicted octanol–water partition coefficient (Wildman–Crippen LogP) is 2.30. The number of pyridine rings is 1. The van der Waals surface area contributed by atoms with Crippen LogP contribution in [-0.2, 0) is 4.74 Å². The molecule has 1 unspecified atom stereocenters. The first kappa shape index (κ1) is 16.3. The molecule has 1 aromatic rings. The van der Waals surface area contributed by atoms with Crippen molar-refractivity contribution in [1.29, 1.82) is 0 Å². The lowest BCUT2D eigenvalue weighted by atomic mass is 10.2. The number of alkyl halides is 2. The van der Waals surface area contributed by atoms with E-state index in [1.165, 1.54) is 18.3 Å². The summed E-state index contributed by atoms with van der Waals surface area (Å²) in [6.07, 6.45) is -0.855. The van der Waals surface area contributed by atoms with Crippen LogP contribution in [0.4, 0.5) is 19.4 Å². The molecule has 1 aromatic heterocycles. The molecule has 0 aliphatic carbocycles. The fourth-order valence-electron chi connectivity index (χ4n) is 2.00. The number of likely N-dealkylation sites (tertiary alicyclic amines) is 1. The smallest absolute Gasteiger partial charge is 0.410 e. The molecule has 2 N–H and O–H groups in total. The highest BCUT2D eigenvalue weighted by atomic mass is 19.3. The van der Waals surface area contributed by atoms with E-state index in [-0.39, 0.29) is 18.1 Å². The fraction of sp³-hybridized carbons (Fsp3) is 0.571. The van der Waals surface area contributed by atoms with Crippen LogP contribution < -0.4 is 10.5 Å². The Hall–Kier alpha value is -2.12. The van der Waals surface area contributed by atoms with Crippen LogP contribution in [0.15, 0.2) is 18.3 Å². The highest BCUT2D eigenvalue weighted by Gasteiger charge is 2.52. The van der Waals surface area contributed by atoms with Gasteiger partial charge in [-0.2, -0.15) is 0 Å². The summed E-state index contributed by atoms with van der Waals surface area (Å²) >= 11 is 0. The summed E-state index contributed by atoms with van der Waals surface area (Å²) in [5.74, 6) is -3.11.